The molecule has 1 N–H and O–H groups in total. The van der Waals surface area contributed by atoms with Crippen LogP contribution in [-0.2, 0) is 17.9 Å². The molecule has 4 rings (SSSR count). The highest BCUT2D eigenvalue weighted by molar-refractivity contribution is 5.76. The van der Waals surface area contributed by atoms with Crippen LogP contribution in [0.15, 0.2) is 57.6 Å². The van der Waals surface area contributed by atoms with Crippen LogP contribution < -0.4 is 5.32 Å². The Bertz CT molecular complexity index is 1140. The summed E-state index contributed by atoms with van der Waals surface area (Å²) in [7, 11) is 0. The molecule has 29 heavy (non-hydrogen) atoms. The lowest BCUT2D eigenvalue weighted by Gasteiger charge is -2.10. The Balaban J connectivity index is 1.49. The average molecular weight is 394 g/mol. The van der Waals surface area contributed by atoms with Gasteiger partial charge in [-0.3, -0.25) is 4.79 Å². The predicted molar refractivity (Wildman–Crippen MR) is 103 cm³/mol. The molecule has 0 aliphatic rings. The highest BCUT2D eigenvalue weighted by Crippen LogP contribution is 2.28. The molecular weight excluding hydrogens is 375 g/mol. The first-order valence-corrected chi connectivity index (χ1v) is 9.07. The second-order valence-corrected chi connectivity index (χ2v) is 6.63. The standard InChI is InChI=1S/C21H19FN4O3/c1-13-10-16(20-24-25-21(29-20)18-8-5-9-28-18)14(2)26(13)12-19(27)23-11-15-6-3-4-7-17(15)22/h3-10H,11-12H2,1-2H3,(H,23,27). The maximum Gasteiger partial charge on any atom is 0.283 e. The molecule has 0 unspecified atom stereocenters. The minimum absolute atomic E-state index is 0.102. The van der Waals surface area contributed by atoms with Gasteiger partial charge in [-0.15, -0.1) is 10.2 Å². The Labute approximate surface area is 166 Å². The summed E-state index contributed by atoms with van der Waals surface area (Å²) in [5.74, 6) is 0.570. The number of halogens is 1. The number of nitrogens with zero attached hydrogens (tertiary/aromatic N) is 3. The zero-order chi connectivity index (χ0) is 20.4. The van der Waals surface area contributed by atoms with Crippen LogP contribution in [0.1, 0.15) is 17.0 Å². The Hall–Kier alpha value is -3.68. The van der Waals surface area contributed by atoms with E-state index < -0.39 is 0 Å². The minimum atomic E-state index is -0.341. The molecular formula is C21H19FN4O3. The maximum absolute atomic E-state index is 13.7. The van der Waals surface area contributed by atoms with Crippen molar-refractivity contribution >= 4 is 5.91 Å². The van der Waals surface area contributed by atoms with E-state index in [9.17, 15) is 9.18 Å². The molecule has 0 aliphatic carbocycles. The third-order valence-corrected chi connectivity index (χ3v) is 4.70. The van der Waals surface area contributed by atoms with Crippen molar-refractivity contribution in [2.75, 3.05) is 0 Å². The monoisotopic (exact) mass is 394 g/mol. The van der Waals surface area contributed by atoms with Crippen LogP contribution in [0.4, 0.5) is 4.39 Å². The summed E-state index contributed by atoms with van der Waals surface area (Å²) >= 11 is 0. The van der Waals surface area contributed by atoms with Gasteiger partial charge in [0.05, 0.1) is 11.8 Å². The Kier molecular flexibility index (Phi) is 4.99. The number of hydrogen-bond acceptors (Lipinski definition) is 5. The molecule has 4 aromatic rings. The van der Waals surface area contributed by atoms with Crippen molar-refractivity contribution in [1.29, 1.82) is 0 Å². The fourth-order valence-electron chi connectivity index (χ4n) is 3.13. The molecule has 3 heterocycles. The first kappa shape index (κ1) is 18.7. The molecule has 1 aromatic carbocycles. The number of aromatic nitrogens is 3. The Morgan fingerprint density at radius 2 is 1.93 bits per heavy atom. The molecule has 3 aromatic heterocycles. The van der Waals surface area contributed by atoms with Crippen molar-refractivity contribution in [3.63, 3.8) is 0 Å². The van der Waals surface area contributed by atoms with Crippen molar-refractivity contribution in [3.05, 3.63) is 71.5 Å². The first-order chi connectivity index (χ1) is 14.0. The molecule has 0 saturated carbocycles. The van der Waals surface area contributed by atoms with Gasteiger partial charge in [0.1, 0.15) is 12.4 Å². The smallest absolute Gasteiger partial charge is 0.283 e. The van der Waals surface area contributed by atoms with Crippen LogP contribution in [0.3, 0.4) is 0 Å². The van der Waals surface area contributed by atoms with Gasteiger partial charge in [-0.25, -0.2) is 4.39 Å². The minimum Gasteiger partial charge on any atom is -0.459 e. The molecule has 8 heteroatoms. The summed E-state index contributed by atoms with van der Waals surface area (Å²) in [5, 5.41) is 10.9. The van der Waals surface area contributed by atoms with E-state index >= 15 is 0 Å². The van der Waals surface area contributed by atoms with Gasteiger partial charge < -0.3 is 18.7 Å². The van der Waals surface area contributed by atoms with Crippen LogP contribution in [0.2, 0.25) is 0 Å². The molecule has 0 bridgehead atoms. The largest absolute Gasteiger partial charge is 0.459 e. The van der Waals surface area contributed by atoms with Gasteiger partial charge in [0, 0.05) is 23.5 Å². The first-order valence-electron chi connectivity index (χ1n) is 9.07. The lowest BCUT2D eigenvalue weighted by Crippen LogP contribution is -2.28. The second kappa shape index (κ2) is 7.75. The van der Waals surface area contributed by atoms with Gasteiger partial charge in [-0.05, 0) is 38.1 Å². The van der Waals surface area contributed by atoms with Crippen molar-refractivity contribution in [1.82, 2.24) is 20.1 Å². The number of carbonyl (C=O) groups is 1. The summed E-state index contributed by atoms with van der Waals surface area (Å²) in [6.45, 7) is 4.01. The van der Waals surface area contributed by atoms with Gasteiger partial charge in [0.15, 0.2) is 5.76 Å². The summed E-state index contributed by atoms with van der Waals surface area (Å²) in [4.78, 5) is 12.4. The van der Waals surface area contributed by atoms with E-state index in [-0.39, 0.29) is 30.7 Å². The molecule has 0 spiro atoms. The van der Waals surface area contributed by atoms with Gasteiger partial charge in [-0.2, -0.15) is 0 Å². The van der Waals surface area contributed by atoms with Crippen LogP contribution in [0, 0.1) is 19.7 Å². The van der Waals surface area contributed by atoms with Crippen LogP contribution >= 0.6 is 0 Å². The number of benzene rings is 1. The molecule has 0 radical (unpaired) electrons. The van der Waals surface area contributed by atoms with Gasteiger partial charge in [-0.1, -0.05) is 18.2 Å². The maximum atomic E-state index is 13.7. The topological polar surface area (TPSA) is 86.1 Å². The molecule has 148 valence electrons. The summed E-state index contributed by atoms with van der Waals surface area (Å²) < 4.78 is 26.5. The number of carbonyl (C=O) groups excluding carboxylic acids is 1. The fraction of sp³-hybridized carbons (Fsp3) is 0.190. The fourth-order valence-corrected chi connectivity index (χ4v) is 3.13. The van der Waals surface area contributed by atoms with Crippen molar-refractivity contribution in [2.45, 2.75) is 26.9 Å². The Morgan fingerprint density at radius 1 is 1.14 bits per heavy atom. The lowest BCUT2D eigenvalue weighted by atomic mass is 10.2. The van der Waals surface area contributed by atoms with E-state index in [1.165, 1.54) is 12.3 Å². The van der Waals surface area contributed by atoms with Gasteiger partial charge in [0.2, 0.25) is 11.8 Å². The van der Waals surface area contributed by atoms with E-state index in [0.717, 1.165) is 17.0 Å². The predicted octanol–water partition coefficient (Wildman–Crippen LogP) is 3.87. The number of rotatable bonds is 6. The highest BCUT2D eigenvalue weighted by atomic mass is 19.1. The molecule has 0 fully saturated rings. The van der Waals surface area contributed by atoms with Crippen molar-refractivity contribution < 1.29 is 18.0 Å². The van der Waals surface area contributed by atoms with E-state index in [0.29, 0.717) is 17.2 Å². The lowest BCUT2D eigenvalue weighted by molar-refractivity contribution is -0.121. The Morgan fingerprint density at radius 3 is 2.69 bits per heavy atom. The third-order valence-electron chi connectivity index (χ3n) is 4.70. The quantitative estimate of drug-likeness (QED) is 0.537. The average Bonchev–Trinajstić information content (AvgIpc) is 3.44. The highest BCUT2D eigenvalue weighted by Gasteiger charge is 2.19. The number of hydrogen-bond donors (Lipinski definition) is 1. The molecule has 0 aliphatic heterocycles. The van der Waals surface area contributed by atoms with Crippen LogP contribution in [0.25, 0.3) is 23.1 Å². The van der Waals surface area contributed by atoms with Gasteiger partial charge >= 0.3 is 0 Å². The van der Waals surface area contributed by atoms with E-state index in [4.69, 9.17) is 8.83 Å². The SMILES string of the molecule is Cc1cc(-c2nnc(-c3ccco3)o2)c(C)n1CC(=O)NCc1ccccc1F. The molecule has 0 saturated heterocycles. The zero-order valence-electron chi connectivity index (χ0n) is 16.0. The number of nitrogens with one attached hydrogen (secondary N) is 1. The summed E-state index contributed by atoms with van der Waals surface area (Å²) in [6, 6.07) is 11.7. The molecule has 7 nitrogen and oxygen atoms in total. The van der Waals surface area contributed by atoms with Crippen LogP contribution in [-0.4, -0.2) is 20.7 Å². The number of furan rings is 1. The zero-order valence-corrected chi connectivity index (χ0v) is 16.0. The third kappa shape index (κ3) is 3.82. The summed E-state index contributed by atoms with van der Waals surface area (Å²) in [6.07, 6.45) is 1.53. The van der Waals surface area contributed by atoms with E-state index in [1.54, 1.807) is 30.3 Å². The molecule has 0 atom stereocenters. The second-order valence-electron chi connectivity index (χ2n) is 6.63. The summed E-state index contributed by atoms with van der Waals surface area (Å²) in [5.41, 5.74) is 2.88. The van der Waals surface area contributed by atoms with Crippen LogP contribution in [0.5, 0.6) is 0 Å². The number of amides is 1. The van der Waals surface area contributed by atoms with Crippen molar-refractivity contribution in [2.24, 2.45) is 0 Å². The normalized spacial score (nSPS) is 11.0. The van der Waals surface area contributed by atoms with E-state index in [2.05, 4.69) is 15.5 Å². The van der Waals surface area contributed by atoms with Crippen molar-refractivity contribution in [3.8, 4) is 23.1 Å². The van der Waals surface area contributed by atoms with E-state index in [1.807, 2.05) is 24.5 Å². The number of aryl methyl sites for hydroxylation is 1. The van der Waals surface area contributed by atoms with Gasteiger partial charge in [0.25, 0.3) is 5.89 Å². The molecule has 1 amide bonds.